The first-order valence-electron chi connectivity index (χ1n) is 9.05. The van der Waals surface area contributed by atoms with Crippen LogP contribution < -0.4 is 9.62 Å². The number of nitrogens with zero attached hydrogens (tertiary/aromatic N) is 2. The lowest BCUT2D eigenvalue weighted by Gasteiger charge is -2.25. The van der Waals surface area contributed by atoms with Crippen LogP contribution in [0.15, 0.2) is 59.5 Å². The van der Waals surface area contributed by atoms with E-state index in [1.54, 1.807) is 36.4 Å². The summed E-state index contributed by atoms with van der Waals surface area (Å²) < 4.78 is 27.2. The fourth-order valence-electron chi connectivity index (χ4n) is 3.44. The van der Waals surface area contributed by atoms with E-state index in [0.29, 0.717) is 17.8 Å². The van der Waals surface area contributed by atoms with Crippen molar-refractivity contribution in [3.05, 3.63) is 60.2 Å². The van der Waals surface area contributed by atoms with E-state index in [4.69, 9.17) is 0 Å². The molecule has 1 aliphatic rings. The highest BCUT2D eigenvalue weighted by Crippen LogP contribution is 2.24. The maximum Gasteiger partial charge on any atom is 0.264 e. The number of likely N-dealkylation sites (N-methyl/N-ethyl adjacent to an activating group) is 1. The second-order valence-corrected chi connectivity index (χ2v) is 8.66. The third kappa shape index (κ3) is 4.48. The molecule has 3 rings (SSSR count). The number of carbonyl (C=O) groups is 1. The van der Waals surface area contributed by atoms with E-state index in [2.05, 4.69) is 5.32 Å². The number of hydrogen-bond acceptors (Lipinski definition) is 4. The van der Waals surface area contributed by atoms with Crippen LogP contribution in [-0.4, -0.2) is 52.5 Å². The number of nitrogens with one attached hydrogen (secondary N) is 1. The van der Waals surface area contributed by atoms with Crippen LogP contribution in [0.2, 0.25) is 0 Å². The highest BCUT2D eigenvalue weighted by molar-refractivity contribution is 7.92. The van der Waals surface area contributed by atoms with Crippen molar-refractivity contribution in [3.63, 3.8) is 0 Å². The number of rotatable bonds is 6. The fourth-order valence-corrected chi connectivity index (χ4v) is 4.68. The highest BCUT2D eigenvalue weighted by Gasteiger charge is 2.30. The van der Waals surface area contributed by atoms with Crippen molar-refractivity contribution in [1.29, 1.82) is 0 Å². The van der Waals surface area contributed by atoms with E-state index < -0.39 is 10.0 Å². The zero-order valence-electron chi connectivity index (χ0n) is 16.0. The van der Waals surface area contributed by atoms with E-state index in [1.807, 2.05) is 18.0 Å². The van der Waals surface area contributed by atoms with Crippen molar-refractivity contribution in [2.24, 2.45) is 0 Å². The van der Waals surface area contributed by atoms with Gasteiger partial charge in [0.25, 0.3) is 15.9 Å². The molecule has 2 aromatic rings. The summed E-state index contributed by atoms with van der Waals surface area (Å²) in [5.74, 6) is -0.118. The van der Waals surface area contributed by atoms with Gasteiger partial charge in [0.05, 0.1) is 10.6 Å². The van der Waals surface area contributed by atoms with Crippen molar-refractivity contribution in [2.45, 2.75) is 23.8 Å². The molecule has 0 aliphatic carbocycles. The van der Waals surface area contributed by atoms with E-state index >= 15 is 0 Å². The zero-order valence-corrected chi connectivity index (χ0v) is 17.7. The summed E-state index contributed by atoms with van der Waals surface area (Å²) in [6.07, 6.45) is 1.92. The molecule has 1 atom stereocenters. The summed E-state index contributed by atoms with van der Waals surface area (Å²) in [6.45, 7) is 1.44. The summed E-state index contributed by atoms with van der Waals surface area (Å²) in [5, 5.41) is 3.12. The second kappa shape index (κ2) is 9.41. The van der Waals surface area contributed by atoms with Gasteiger partial charge in [-0.2, -0.15) is 0 Å². The molecule has 152 valence electrons. The van der Waals surface area contributed by atoms with Crippen molar-refractivity contribution in [3.8, 4) is 0 Å². The Morgan fingerprint density at radius 2 is 1.89 bits per heavy atom. The van der Waals surface area contributed by atoms with Gasteiger partial charge in [-0.1, -0.05) is 24.3 Å². The van der Waals surface area contributed by atoms with E-state index in [1.165, 1.54) is 23.5 Å². The lowest BCUT2D eigenvalue weighted by atomic mass is 10.1. The topological polar surface area (TPSA) is 69.7 Å². The fraction of sp³-hybridized carbons (Fsp3) is 0.350. The minimum atomic E-state index is -3.75. The van der Waals surface area contributed by atoms with E-state index in [9.17, 15) is 13.2 Å². The predicted octanol–water partition coefficient (Wildman–Crippen LogP) is 2.76. The molecular formula is C20H26ClN3O3S. The Labute approximate surface area is 173 Å². The van der Waals surface area contributed by atoms with Gasteiger partial charge in [-0.05, 0) is 50.2 Å². The van der Waals surface area contributed by atoms with Gasteiger partial charge in [-0.3, -0.25) is 9.10 Å². The number of amides is 1. The van der Waals surface area contributed by atoms with Crippen LogP contribution in [0, 0.1) is 0 Å². The smallest absolute Gasteiger partial charge is 0.264 e. The Balaban J connectivity index is 0.00000280. The third-order valence-electron chi connectivity index (χ3n) is 4.94. The van der Waals surface area contributed by atoms with Crippen molar-refractivity contribution >= 4 is 34.0 Å². The first kappa shape index (κ1) is 22.2. The molecule has 1 aliphatic heterocycles. The molecule has 1 fully saturated rings. The highest BCUT2D eigenvalue weighted by atomic mass is 35.5. The van der Waals surface area contributed by atoms with Gasteiger partial charge in [0, 0.05) is 31.7 Å². The standard InChI is InChI=1S/C20H25N3O3S.ClH/c1-21-15-18-11-7-13-23(18)20(24)16-8-6-12-19(14-16)27(25,26)22(2)17-9-4-3-5-10-17;/h3-6,8-10,12,14,18,21H,7,11,13,15H2,1-2H3;1H. The lowest BCUT2D eigenvalue weighted by Crippen LogP contribution is -2.40. The van der Waals surface area contributed by atoms with Crippen molar-refractivity contribution < 1.29 is 13.2 Å². The summed E-state index contributed by atoms with van der Waals surface area (Å²) in [6, 6.07) is 15.3. The van der Waals surface area contributed by atoms with Crippen LogP contribution in [0.5, 0.6) is 0 Å². The van der Waals surface area contributed by atoms with Crippen LogP contribution in [0.4, 0.5) is 5.69 Å². The number of anilines is 1. The Morgan fingerprint density at radius 1 is 1.18 bits per heavy atom. The van der Waals surface area contributed by atoms with Gasteiger partial charge in [0.2, 0.25) is 0 Å². The van der Waals surface area contributed by atoms with Gasteiger partial charge in [0.15, 0.2) is 0 Å². The molecule has 2 aromatic carbocycles. The lowest BCUT2D eigenvalue weighted by molar-refractivity contribution is 0.0737. The molecule has 8 heteroatoms. The quantitative estimate of drug-likeness (QED) is 0.775. The summed E-state index contributed by atoms with van der Waals surface area (Å²) in [4.78, 5) is 14.9. The molecule has 1 heterocycles. The van der Waals surface area contributed by atoms with Gasteiger partial charge in [-0.15, -0.1) is 12.4 Å². The summed E-state index contributed by atoms with van der Waals surface area (Å²) >= 11 is 0. The molecule has 6 nitrogen and oxygen atoms in total. The van der Waals surface area contributed by atoms with Crippen molar-refractivity contribution in [2.75, 3.05) is 31.5 Å². The maximum absolute atomic E-state index is 13.0. The molecule has 0 radical (unpaired) electrons. The predicted molar refractivity (Wildman–Crippen MR) is 114 cm³/mol. The molecule has 28 heavy (non-hydrogen) atoms. The first-order chi connectivity index (χ1) is 12.9. The van der Waals surface area contributed by atoms with E-state index in [0.717, 1.165) is 19.4 Å². The Kier molecular flexibility index (Phi) is 7.46. The summed E-state index contributed by atoms with van der Waals surface area (Å²) in [5.41, 5.74) is 0.975. The zero-order chi connectivity index (χ0) is 19.4. The van der Waals surface area contributed by atoms with Gasteiger partial charge >= 0.3 is 0 Å². The molecule has 1 amide bonds. The molecule has 0 spiro atoms. The Hall–Kier alpha value is -2.09. The largest absolute Gasteiger partial charge is 0.334 e. The van der Waals surface area contributed by atoms with Crippen LogP contribution in [0.3, 0.4) is 0 Å². The number of likely N-dealkylation sites (tertiary alicyclic amines) is 1. The number of halogens is 1. The number of para-hydroxylation sites is 1. The van der Waals surface area contributed by atoms with Crippen LogP contribution in [0.1, 0.15) is 23.2 Å². The average molecular weight is 424 g/mol. The number of sulfonamides is 1. The van der Waals surface area contributed by atoms with E-state index in [-0.39, 0.29) is 29.3 Å². The normalized spacial score (nSPS) is 16.5. The van der Waals surface area contributed by atoms with Gasteiger partial charge in [-0.25, -0.2) is 8.42 Å². The Morgan fingerprint density at radius 3 is 2.57 bits per heavy atom. The average Bonchev–Trinajstić information content (AvgIpc) is 3.16. The van der Waals surface area contributed by atoms with Crippen LogP contribution >= 0.6 is 12.4 Å². The molecule has 0 aromatic heterocycles. The molecule has 0 saturated carbocycles. The molecule has 1 unspecified atom stereocenters. The third-order valence-corrected chi connectivity index (χ3v) is 6.72. The van der Waals surface area contributed by atoms with Crippen molar-refractivity contribution in [1.82, 2.24) is 10.2 Å². The van der Waals surface area contributed by atoms with Gasteiger partial charge < -0.3 is 10.2 Å². The SMILES string of the molecule is CNCC1CCCN1C(=O)c1cccc(S(=O)(=O)N(C)c2ccccc2)c1.Cl. The minimum Gasteiger partial charge on any atom is -0.334 e. The number of hydrogen-bond donors (Lipinski definition) is 1. The molecule has 1 N–H and O–H groups in total. The summed E-state index contributed by atoms with van der Waals surface area (Å²) in [7, 11) is -0.360. The second-order valence-electron chi connectivity index (χ2n) is 6.69. The monoisotopic (exact) mass is 423 g/mol. The molecule has 0 bridgehead atoms. The minimum absolute atomic E-state index is 0. The molecular weight excluding hydrogens is 398 g/mol. The first-order valence-corrected chi connectivity index (χ1v) is 10.5. The number of benzene rings is 2. The van der Waals surface area contributed by atoms with Gasteiger partial charge in [0.1, 0.15) is 0 Å². The maximum atomic E-state index is 13.0. The van der Waals surface area contributed by atoms with Crippen LogP contribution in [0.25, 0.3) is 0 Å². The van der Waals surface area contributed by atoms with Crippen LogP contribution in [-0.2, 0) is 10.0 Å². The molecule has 1 saturated heterocycles. The Bertz CT molecular complexity index is 906. The number of carbonyl (C=O) groups excluding carboxylic acids is 1.